The summed E-state index contributed by atoms with van der Waals surface area (Å²) in [7, 11) is 1.33. The Bertz CT molecular complexity index is 1340. The number of nitrogens with zero attached hydrogens (tertiary/aromatic N) is 1. The number of alkyl halides is 3. The van der Waals surface area contributed by atoms with Gasteiger partial charge in [0.05, 0.1) is 19.8 Å². The maximum Gasteiger partial charge on any atom is 0.471 e. The molecule has 292 valence electrons. The van der Waals surface area contributed by atoms with Crippen LogP contribution in [-0.2, 0) is 23.9 Å². The number of fused-ring (bicyclic) bond motifs is 4. The zero-order valence-corrected chi connectivity index (χ0v) is 31.6. The molecule has 1 amide bonds. The summed E-state index contributed by atoms with van der Waals surface area (Å²) >= 11 is 0. The number of amides is 1. The molecule has 0 aromatic heterocycles. The second-order valence-corrected chi connectivity index (χ2v) is 17.5. The molecule has 4 N–H and O–H groups in total. The zero-order valence-electron chi connectivity index (χ0n) is 31.6. The first kappa shape index (κ1) is 40.4. The molecule has 5 rings (SSSR count). The smallest absolute Gasteiger partial charge is 0.462 e. The lowest BCUT2D eigenvalue weighted by Crippen LogP contribution is -2.68. The molecule has 3 fully saturated rings. The third-order valence-corrected chi connectivity index (χ3v) is 14.8. The number of esters is 1. The van der Waals surface area contributed by atoms with Crippen molar-refractivity contribution in [2.45, 2.75) is 156 Å². The minimum atomic E-state index is -5.21. The Morgan fingerprint density at radius 1 is 1.02 bits per heavy atom. The second-order valence-electron chi connectivity index (χ2n) is 17.5. The van der Waals surface area contributed by atoms with E-state index >= 15 is 0 Å². The Morgan fingerprint density at radius 3 is 2.31 bits per heavy atom. The number of carbonyl (C=O) groups is 2. The number of nitrogens with one attached hydrogen (secondary N) is 1. The number of hydroxylamine groups is 2. The van der Waals surface area contributed by atoms with Gasteiger partial charge in [0.1, 0.15) is 24.4 Å². The van der Waals surface area contributed by atoms with Crippen LogP contribution in [0.5, 0.6) is 0 Å². The minimum Gasteiger partial charge on any atom is -0.462 e. The molecular formula is C38H61F3N2O8. The van der Waals surface area contributed by atoms with Gasteiger partial charge in [0, 0.05) is 18.9 Å². The largest absolute Gasteiger partial charge is 0.471 e. The summed E-state index contributed by atoms with van der Waals surface area (Å²) in [5.41, 5.74) is 3.49. The molecule has 5 aliphatic rings. The van der Waals surface area contributed by atoms with E-state index in [0.29, 0.717) is 24.2 Å². The van der Waals surface area contributed by atoms with Crippen molar-refractivity contribution in [3.63, 3.8) is 0 Å². The molecule has 0 aromatic rings. The highest BCUT2D eigenvalue weighted by Crippen LogP contribution is 2.72. The molecular weight excluding hydrogens is 669 g/mol. The lowest BCUT2D eigenvalue weighted by Gasteiger charge is -2.62. The van der Waals surface area contributed by atoms with Gasteiger partial charge in [-0.2, -0.15) is 18.2 Å². The molecule has 4 aliphatic carbocycles. The van der Waals surface area contributed by atoms with Crippen LogP contribution in [0.2, 0.25) is 0 Å². The van der Waals surface area contributed by atoms with Gasteiger partial charge in [-0.05, 0) is 98.2 Å². The lowest BCUT2D eigenvalue weighted by atomic mass is 9.43. The van der Waals surface area contributed by atoms with E-state index in [1.165, 1.54) is 19.1 Å². The normalized spacial score (nSPS) is 41.4. The molecule has 0 radical (unpaired) electrons. The summed E-state index contributed by atoms with van der Waals surface area (Å²) in [6.07, 6.45) is -1.58. The van der Waals surface area contributed by atoms with Crippen LogP contribution in [0.15, 0.2) is 11.1 Å². The van der Waals surface area contributed by atoms with E-state index in [1.807, 2.05) is 0 Å². The van der Waals surface area contributed by atoms with Crippen LogP contribution in [0.3, 0.4) is 0 Å². The summed E-state index contributed by atoms with van der Waals surface area (Å²) in [6, 6.07) is -1.66. The van der Waals surface area contributed by atoms with Crippen molar-refractivity contribution < 1.29 is 52.4 Å². The Balaban J connectivity index is 1.28. The van der Waals surface area contributed by atoms with Crippen LogP contribution >= 0.6 is 0 Å². The van der Waals surface area contributed by atoms with Crippen molar-refractivity contribution in [3.05, 3.63) is 11.1 Å². The number of aliphatic hydroxyl groups excluding tert-OH is 3. The van der Waals surface area contributed by atoms with Crippen molar-refractivity contribution in [1.29, 1.82) is 0 Å². The average Bonchev–Trinajstić information content (AvgIpc) is 3.33. The van der Waals surface area contributed by atoms with Crippen molar-refractivity contribution in [2.75, 3.05) is 20.3 Å². The van der Waals surface area contributed by atoms with Gasteiger partial charge in [-0.3, -0.25) is 14.4 Å². The van der Waals surface area contributed by atoms with Crippen LogP contribution in [0, 0.1) is 39.4 Å². The van der Waals surface area contributed by atoms with Crippen LogP contribution in [-0.4, -0.2) is 95.4 Å². The van der Waals surface area contributed by atoms with Gasteiger partial charge in [-0.15, -0.1) is 0 Å². The predicted molar refractivity (Wildman–Crippen MR) is 182 cm³/mol. The molecule has 1 heterocycles. The number of allylic oxidation sites excluding steroid dienone is 2. The monoisotopic (exact) mass is 730 g/mol. The number of aliphatic hydroxyl groups is 3. The topological polar surface area (TPSA) is 138 Å². The Labute approximate surface area is 300 Å². The van der Waals surface area contributed by atoms with E-state index in [-0.39, 0.29) is 40.3 Å². The molecule has 1 saturated heterocycles. The zero-order chi connectivity index (χ0) is 37.9. The summed E-state index contributed by atoms with van der Waals surface area (Å²) in [5.74, 6) is -1.22. The molecule has 2 saturated carbocycles. The van der Waals surface area contributed by atoms with Crippen LogP contribution in [0.4, 0.5) is 13.2 Å². The third kappa shape index (κ3) is 6.90. The molecule has 0 bridgehead atoms. The first-order valence-corrected chi connectivity index (χ1v) is 18.9. The van der Waals surface area contributed by atoms with Gasteiger partial charge in [-0.1, -0.05) is 52.7 Å². The molecule has 12 atom stereocenters. The van der Waals surface area contributed by atoms with Crippen molar-refractivity contribution in [3.8, 4) is 0 Å². The number of rotatable bonds is 10. The summed E-state index contributed by atoms with van der Waals surface area (Å²) in [5, 5.41) is 33.8. The fraction of sp³-hybridized carbons (Fsp3) is 0.895. The van der Waals surface area contributed by atoms with Gasteiger partial charge in [-0.25, -0.2) is 0 Å². The van der Waals surface area contributed by atoms with Crippen molar-refractivity contribution >= 4 is 11.9 Å². The van der Waals surface area contributed by atoms with E-state index in [9.17, 15) is 38.1 Å². The highest BCUT2D eigenvalue weighted by Gasteiger charge is 2.63. The van der Waals surface area contributed by atoms with Crippen LogP contribution in [0.25, 0.3) is 0 Å². The molecule has 0 spiro atoms. The van der Waals surface area contributed by atoms with Crippen LogP contribution in [0.1, 0.15) is 113 Å². The van der Waals surface area contributed by atoms with E-state index in [2.05, 4.69) is 41.5 Å². The Hall–Kier alpha value is -1.77. The van der Waals surface area contributed by atoms with E-state index in [4.69, 9.17) is 14.3 Å². The molecule has 51 heavy (non-hydrogen) atoms. The van der Waals surface area contributed by atoms with Gasteiger partial charge in [0.25, 0.3) is 0 Å². The lowest BCUT2D eigenvalue weighted by molar-refractivity contribution is -0.305. The maximum absolute atomic E-state index is 13.2. The number of hydrogen-bond acceptors (Lipinski definition) is 9. The third-order valence-electron chi connectivity index (χ3n) is 14.8. The maximum atomic E-state index is 13.2. The minimum absolute atomic E-state index is 0.0626. The van der Waals surface area contributed by atoms with Gasteiger partial charge in [0.2, 0.25) is 0 Å². The number of carbonyl (C=O) groups excluding carboxylic acids is 2. The van der Waals surface area contributed by atoms with E-state index in [1.54, 1.807) is 16.5 Å². The van der Waals surface area contributed by atoms with E-state index < -0.39 is 49.3 Å². The van der Waals surface area contributed by atoms with Gasteiger partial charge >= 0.3 is 18.1 Å². The Morgan fingerprint density at radius 2 is 1.71 bits per heavy atom. The predicted octanol–water partition coefficient (Wildman–Crippen LogP) is 5.43. The molecule has 10 nitrogen and oxygen atoms in total. The summed E-state index contributed by atoms with van der Waals surface area (Å²) in [4.78, 5) is 29.3. The van der Waals surface area contributed by atoms with Crippen molar-refractivity contribution in [2.24, 2.45) is 39.4 Å². The molecule has 0 aromatic carbocycles. The first-order chi connectivity index (χ1) is 23.7. The first-order valence-electron chi connectivity index (χ1n) is 18.9. The highest BCUT2D eigenvalue weighted by atomic mass is 19.4. The number of hydrogen-bond donors (Lipinski definition) is 4. The Kier molecular flexibility index (Phi) is 11.5. The highest BCUT2D eigenvalue weighted by molar-refractivity contribution is 5.82. The number of halogens is 3. The fourth-order valence-corrected chi connectivity index (χ4v) is 11.9. The summed E-state index contributed by atoms with van der Waals surface area (Å²) < 4.78 is 51.1. The average molecular weight is 731 g/mol. The molecule has 13 heteroatoms. The van der Waals surface area contributed by atoms with Gasteiger partial charge in [0.15, 0.2) is 6.23 Å². The number of ether oxygens (including phenoxy) is 2. The summed E-state index contributed by atoms with van der Waals surface area (Å²) in [6.45, 7) is 15.3. The standard InChI is InChI=1S/C38H61F3N2O8/c1-21(10-9-19-43(49-8)32-29(42-33(48)38(39,40)41)31(47)30(46)26(20-44)51-32)23-13-17-37(7)25-11-12-27-34(3,4)28(50-22(2)45)15-16-35(27,5)24(25)14-18-36(23,37)6/h21,23,26-32,44,46-47H,9-20H2,1-8H3,(H,42,48)/t21-,23-,26-,27+,28+,29-,30-,31-,32?,35-,36-,37+/m1/s1. The molecule has 1 aliphatic heterocycles. The van der Waals surface area contributed by atoms with Gasteiger partial charge < -0.3 is 30.1 Å². The van der Waals surface area contributed by atoms with Crippen LogP contribution < -0.4 is 5.32 Å². The van der Waals surface area contributed by atoms with E-state index in [0.717, 1.165) is 57.8 Å². The van der Waals surface area contributed by atoms with Crippen molar-refractivity contribution in [1.82, 2.24) is 10.4 Å². The fourth-order valence-electron chi connectivity index (χ4n) is 11.9. The molecule has 1 unspecified atom stereocenters. The second kappa shape index (κ2) is 14.5. The SMILES string of the molecule is CON(CCC[C@@H](C)[C@H]1CC[C@@]2(C)C3=C(CC[C@]12C)[C@@]1(C)CC[C@H](OC(C)=O)C(C)(C)[C@@H]1CC3)C1O[C@H](CO)[C@@H](O)[C@H](O)[C@H]1NC(=O)C(F)(F)F. The quantitative estimate of drug-likeness (QED) is 0.132.